The molecule has 14 heteroatoms. The van der Waals surface area contributed by atoms with Crippen LogP contribution in [0.3, 0.4) is 0 Å². The Morgan fingerprint density at radius 2 is 1.01 bits per heavy atom. The van der Waals surface area contributed by atoms with Crippen LogP contribution in [0.4, 0.5) is 0 Å². The molecule has 12 unspecified atom stereocenters. The Labute approximate surface area is 413 Å². The molecule has 14 nitrogen and oxygen atoms in total. The minimum absolute atomic E-state index is 0.186. The Balaban J connectivity index is 1.86. The lowest BCUT2D eigenvalue weighted by atomic mass is 9.97. The second-order valence-corrected chi connectivity index (χ2v) is 17.6. The summed E-state index contributed by atoms with van der Waals surface area (Å²) >= 11 is 0. The van der Waals surface area contributed by atoms with Crippen LogP contribution in [-0.4, -0.2) is 140 Å². The third-order valence-corrected chi connectivity index (χ3v) is 11.7. The molecule has 2 saturated heterocycles. The number of rotatable bonds is 37. The number of nitrogens with one attached hydrogen (secondary N) is 1. The standard InChI is InChI=1S/C55H89NO13/c1-3-5-7-9-11-13-15-17-18-19-20-21-22-23-24-25-26-27-29-31-33-35-37-39-47(60)56-43(44(59)38-36-34-32-30-28-16-14-12-10-8-6-4-2)42-66-54-52(65)50(63)53(46(41-58)68-54)69-55-51(64)49(62)48(61)45(40-57)67-55/h5,7,11,13,17-18,20-21,23-24,26-28,30-31,33,36,38,43-46,48-55,57-59,61-65H,3-4,6,8-10,12,14-16,19,22,25,29,32,34-35,37,39-42H2,1-2H3,(H,56,60)/b7-5-,13-11-,18-17-,21-20-,24-23-,27-26-,30-28+,33-31-,38-36+. The van der Waals surface area contributed by atoms with Crippen LogP contribution in [-0.2, 0) is 23.7 Å². The van der Waals surface area contributed by atoms with Gasteiger partial charge in [0.1, 0.15) is 48.8 Å². The summed E-state index contributed by atoms with van der Waals surface area (Å²) in [7, 11) is 0. The lowest BCUT2D eigenvalue weighted by Gasteiger charge is -2.46. The molecule has 2 aliphatic rings. The van der Waals surface area contributed by atoms with E-state index < -0.39 is 86.8 Å². The average Bonchev–Trinajstić information content (AvgIpc) is 3.35. The van der Waals surface area contributed by atoms with E-state index in [1.165, 1.54) is 32.1 Å². The molecule has 69 heavy (non-hydrogen) atoms. The molecule has 0 bridgehead atoms. The van der Waals surface area contributed by atoms with E-state index in [0.717, 1.165) is 64.2 Å². The van der Waals surface area contributed by atoms with Gasteiger partial charge < -0.3 is 65.1 Å². The molecule has 1 amide bonds. The van der Waals surface area contributed by atoms with Crippen LogP contribution in [0.25, 0.3) is 0 Å². The van der Waals surface area contributed by atoms with E-state index >= 15 is 0 Å². The highest BCUT2D eigenvalue weighted by molar-refractivity contribution is 5.76. The van der Waals surface area contributed by atoms with E-state index in [-0.39, 0.29) is 18.9 Å². The highest BCUT2D eigenvalue weighted by Crippen LogP contribution is 2.30. The number of unbranched alkanes of at least 4 members (excludes halogenated alkanes) is 8. The molecular formula is C55H89NO13. The van der Waals surface area contributed by atoms with Crippen molar-refractivity contribution in [1.82, 2.24) is 5.32 Å². The molecule has 0 saturated carbocycles. The van der Waals surface area contributed by atoms with Gasteiger partial charge in [0.25, 0.3) is 0 Å². The highest BCUT2D eigenvalue weighted by atomic mass is 16.7. The van der Waals surface area contributed by atoms with E-state index in [0.29, 0.717) is 19.3 Å². The first-order valence-corrected chi connectivity index (χ1v) is 25.6. The highest BCUT2D eigenvalue weighted by Gasteiger charge is 2.51. The zero-order chi connectivity index (χ0) is 50.3. The summed E-state index contributed by atoms with van der Waals surface area (Å²) in [4.78, 5) is 13.1. The van der Waals surface area contributed by atoms with Crippen LogP contribution in [0.15, 0.2) is 109 Å². The lowest BCUT2D eigenvalue weighted by Crippen LogP contribution is -2.65. The SMILES string of the molecule is CC/C=C\C/C=C\C/C=C\C/C=C\C/C=C\C/C=C\C/C=C\CCCC(=O)NC(COC1OC(CO)C(OC2OC(CO)C(O)C(O)C2O)C(O)C1O)C(O)/C=C/CC/C=C/CCCCCCCC. The summed E-state index contributed by atoms with van der Waals surface area (Å²) in [5, 5.41) is 86.6. The van der Waals surface area contributed by atoms with Gasteiger partial charge in [-0.15, -0.1) is 0 Å². The zero-order valence-corrected chi connectivity index (χ0v) is 41.5. The number of aliphatic hydroxyl groups excluding tert-OH is 8. The lowest BCUT2D eigenvalue weighted by molar-refractivity contribution is -0.359. The smallest absolute Gasteiger partial charge is 0.220 e. The summed E-state index contributed by atoms with van der Waals surface area (Å²) in [6, 6.07) is -0.968. The molecule has 0 aliphatic carbocycles. The van der Waals surface area contributed by atoms with Crippen molar-refractivity contribution in [2.24, 2.45) is 0 Å². The monoisotopic (exact) mass is 972 g/mol. The number of hydrogen-bond acceptors (Lipinski definition) is 13. The number of allylic oxidation sites excluding steroid dienone is 17. The molecule has 0 radical (unpaired) electrons. The van der Waals surface area contributed by atoms with Crippen molar-refractivity contribution < 1.29 is 64.6 Å². The number of aliphatic hydroxyl groups is 8. The summed E-state index contributed by atoms with van der Waals surface area (Å²) < 4.78 is 22.6. The molecular weight excluding hydrogens is 883 g/mol. The maximum Gasteiger partial charge on any atom is 0.220 e. The first kappa shape index (κ1) is 61.8. The fourth-order valence-electron chi connectivity index (χ4n) is 7.53. The number of carbonyl (C=O) groups excluding carboxylic acids is 1. The molecule has 12 atom stereocenters. The van der Waals surface area contributed by atoms with Crippen molar-refractivity contribution in [2.45, 2.75) is 209 Å². The Morgan fingerprint density at radius 1 is 0.536 bits per heavy atom. The van der Waals surface area contributed by atoms with Crippen LogP contribution < -0.4 is 5.32 Å². The fourth-order valence-corrected chi connectivity index (χ4v) is 7.53. The predicted molar refractivity (Wildman–Crippen MR) is 272 cm³/mol. The third kappa shape index (κ3) is 27.2. The van der Waals surface area contributed by atoms with Crippen LogP contribution >= 0.6 is 0 Å². The second kappa shape index (κ2) is 40.3. The normalized spacial score (nSPS) is 27.1. The van der Waals surface area contributed by atoms with E-state index in [1.807, 2.05) is 12.2 Å². The maximum atomic E-state index is 13.1. The quantitative estimate of drug-likeness (QED) is 0.0228. The van der Waals surface area contributed by atoms with Crippen molar-refractivity contribution >= 4 is 5.91 Å². The van der Waals surface area contributed by atoms with Crippen LogP contribution in [0.1, 0.15) is 136 Å². The maximum absolute atomic E-state index is 13.1. The molecule has 0 spiro atoms. The molecule has 2 fully saturated rings. The van der Waals surface area contributed by atoms with Crippen LogP contribution in [0.2, 0.25) is 0 Å². The van der Waals surface area contributed by atoms with Crippen molar-refractivity contribution in [3.63, 3.8) is 0 Å². The summed E-state index contributed by atoms with van der Waals surface area (Å²) in [5.74, 6) is -0.314. The van der Waals surface area contributed by atoms with Gasteiger partial charge in [-0.2, -0.15) is 0 Å². The second-order valence-electron chi connectivity index (χ2n) is 17.6. The molecule has 0 aromatic carbocycles. The molecule has 2 heterocycles. The Bertz CT molecular complexity index is 1570. The fraction of sp³-hybridized carbons (Fsp3) is 0.655. The van der Waals surface area contributed by atoms with Gasteiger partial charge in [0.2, 0.25) is 5.91 Å². The summed E-state index contributed by atoms with van der Waals surface area (Å²) in [6.07, 6.45) is 38.5. The summed E-state index contributed by atoms with van der Waals surface area (Å²) in [5.41, 5.74) is 0. The number of hydrogen-bond donors (Lipinski definition) is 9. The van der Waals surface area contributed by atoms with E-state index in [4.69, 9.17) is 18.9 Å². The van der Waals surface area contributed by atoms with Gasteiger partial charge in [-0.05, 0) is 83.5 Å². The summed E-state index contributed by atoms with van der Waals surface area (Å²) in [6.45, 7) is 2.56. The van der Waals surface area contributed by atoms with Gasteiger partial charge in [-0.25, -0.2) is 0 Å². The minimum atomic E-state index is -1.80. The first-order valence-electron chi connectivity index (χ1n) is 25.6. The average molecular weight is 972 g/mol. The van der Waals surface area contributed by atoms with Gasteiger partial charge in [-0.1, -0.05) is 155 Å². The van der Waals surface area contributed by atoms with Gasteiger partial charge >= 0.3 is 0 Å². The van der Waals surface area contributed by atoms with Crippen LogP contribution in [0.5, 0.6) is 0 Å². The van der Waals surface area contributed by atoms with Gasteiger partial charge in [0.05, 0.1) is 32.0 Å². The molecule has 2 rings (SSSR count). The van der Waals surface area contributed by atoms with Gasteiger partial charge in [-0.3, -0.25) is 4.79 Å². The van der Waals surface area contributed by atoms with Crippen molar-refractivity contribution in [3.8, 4) is 0 Å². The Hall–Kier alpha value is -3.35. The first-order chi connectivity index (χ1) is 33.6. The van der Waals surface area contributed by atoms with Gasteiger partial charge in [0.15, 0.2) is 12.6 Å². The van der Waals surface area contributed by atoms with E-state index in [1.54, 1.807) is 6.08 Å². The van der Waals surface area contributed by atoms with Crippen molar-refractivity contribution in [2.75, 3.05) is 19.8 Å². The topological polar surface area (TPSA) is 228 Å². The largest absolute Gasteiger partial charge is 0.394 e. The molecule has 2 aliphatic heterocycles. The molecule has 392 valence electrons. The Morgan fingerprint density at radius 3 is 1.59 bits per heavy atom. The molecule has 9 N–H and O–H groups in total. The Kier molecular flexibility index (Phi) is 36.0. The number of amides is 1. The number of carbonyl (C=O) groups is 1. The van der Waals surface area contributed by atoms with Crippen molar-refractivity contribution in [3.05, 3.63) is 109 Å². The molecule has 0 aromatic rings. The minimum Gasteiger partial charge on any atom is -0.394 e. The van der Waals surface area contributed by atoms with Crippen LogP contribution in [0, 0.1) is 0 Å². The third-order valence-electron chi connectivity index (χ3n) is 11.7. The van der Waals surface area contributed by atoms with E-state index in [9.17, 15) is 45.6 Å². The predicted octanol–water partition coefficient (Wildman–Crippen LogP) is 6.93. The van der Waals surface area contributed by atoms with Crippen molar-refractivity contribution in [1.29, 1.82) is 0 Å². The zero-order valence-electron chi connectivity index (χ0n) is 41.5. The number of ether oxygens (including phenoxy) is 4. The molecule has 0 aromatic heterocycles. The van der Waals surface area contributed by atoms with E-state index in [2.05, 4.69) is 110 Å². The van der Waals surface area contributed by atoms with Gasteiger partial charge in [0, 0.05) is 6.42 Å².